The summed E-state index contributed by atoms with van der Waals surface area (Å²) < 4.78 is 1.83. The molecule has 1 aliphatic heterocycles. The quantitative estimate of drug-likeness (QED) is 0.735. The summed E-state index contributed by atoms with van der Waals surface area (Å²) in [6.45, 7) is 4.32. The zero-order chi connectivity index (χ0) is 18.8. The number of carbonyl (C=O) groups excluding carboxylic acids is 1. The number of nitrogens with zero attached hydrogens (tertiary/aromatic N) is 2. The lowest BCUT2D eigenvalue weighted by Gasteiger charge is -2.17. The van der Waals surface area contributed by atoms with Gasteiger partial charge in [0.15, 0.2) is 0 Å². The molecule has 2 aromatic carbocycles. The maximum absolute atomic E-state index is 12.0. The van der Waals surface area contributed by atoms with Crippen LogP contribution in [0.15, 0.2) is 48.8 Å². The zero-order valence-corrected chi connectivity index (χ0v) is 15.7. The maximum atomic E-state index is 12.0. The first kappa shape index (κ1) is 17.5. The Morgan fingerprint density at radius 2 is 2.04 bits per heavy atom. The Balaban J connectivity index is 1.48. The van der Waals surface area contributed by atoms with E-state index in [9.17, 15) is 4.79 Å². The van der Waals surface area contributed by atoms with Crippen LogP contribution in [-0.2, 0) is 26.6 Å². The second-order valence-corrected chi connectivity index (χ2v) is 7.16. The van der Waals surface area contributed by atoms with Crippen LogP contribution in [0.3, 0.4) is 0 Å². The molecule has 1 amide bonds. The number of hydrogen-bond donors (Lipinski definition) is 2. The van der Waals surface area contributed by atoms with Gasteiger partial charge in [-0.15, -0.1) is 0 Å². The normalized spacial score (nSPS) is 13.3. The summed E-state index contributed by atoms with van der Waals surface area (Å²) in [6, 6.07) is 12.7. The van der Waals surface area contributed by atoms with Crippen LogP contribution in [0.5, 0.6) is 0 Å². The molecular formula is C22H24N4O. The maximum Gasteiger partial charge on any atom is 0.251 e. The van der Waals surface area contributed by atoms with Gasteiger partial charge in [0.25, 0.3) is 5.91 Å². The molecule has 0 radical (unpaired) electrons. The fourth-order valence-corrected chi connectivity index (χ4v) is 3.58. The Kier molecular flexibility index (Phi) is 4.77. The van der Waals surface area contributed by atoms with Crippen molar-refractivity contribution in [3.05, 3.63) is 76.6 Å². The van der Waals surface area contributed by atoms with Crippen molar-refractivity contribution in [2.75, 3.05) is 6.54 Å². The average molecular weight is 360 g/mol. The van der Waals surface area contributed by atoms with Gasteiger partial charge in [0.2, 0.25) is 0 Å². The number of fused-ring (bicyclic) bond motifs is 1. The molecule has 3 aromatic rings. The molecule has 5 heteroatoms. The molecule has 0 spiro atoms. The van der Waals surface area contributed by atoms with Crippen LogP contribution in [-0.4, -0.2) is 22.2 Å². The fourth-order valence-electron chi connectivity index (χ4n) is 3.58. The van der Waals surface area contributed by atoms with Crippen molar-refractivity contribution in [2.24, 2.45) is 7.05 Å². The summed E-state index contributed by atoms with van der Waals surface area (Å²) in [5, 5.41) is 10.7. The van der Waals surface area contributed by atoms with Gasteiger partial charge in [-0.3, -0.25) is 9.48 Å². The minimum absolute atomic E-state index is 0.0375. The lowest BCUT2D eigenvalue weighted by atomic mass is 9.97. The molecule has 1 aromatic heterocycles. The largest absolute Gasteiger partial charge is 0.352 e. The molecule has 0 fully saturated rings. The third-order valence-electron chi connectivity index (χ3n) is 5.02. The first-order valence-corrected chi connectivity index (χ1v) is 9.29. The average Bonchev–Trinajstić information content (AvgIpc) is 3.10. The Labute approximate surface area is 159 Å². The van der Waals surface area contributed by atoms with E-state index in [1.165, 1.54) is 16.7 Å². The molecule has 0 aliphatic carbocycles. The summed E-state index contributed by atoms with van der Waals surface area (Å²) in [5.41, 5.74) is 7.89. The van der Waals surface area contributed by atoms with Crippen molar-refractivity contribution in [1.29, 1.82) is 0 Å². The Morgan fingerprint density at radius 3 is 2.85 bits per heavy atom. The fraction of sp³-hybridized carbons (Fsp3) is 0.273. The molecule has 4 rings (SSSR count). The first-order chi connectivity index (χ1) is 13.1. The van der Waals surface area contributed by atoms with Gasteiger partial charge in [-0.05, 0) is 41.7 Å². The van der Waals surface area contributed by atoms with Crippen molar-refractivity contribution in [2.45, 2.75) is 26.4 Å². The van der Waals surface area contributed by atoms with E-state index < -0.39 is 0 Å². The highest BCUT2D eigenvalue weighted by molar-refractivity contribution is 5.96. The van der Waals surface area contributed by atoms with E-state index in [0.29, 0.717) is 0 Å². The minimum Gasteiger partial charge on any atom is -0.352 e. The first-order valence-electron chi connectivity index (χ1n) is 9.29. The van der Waals surface area contributed by atoms with Crippen LogP contribution < -0.4 is 10.6 Å². The zero-order valence-electron chi connectivity index (χ0n) is 15.7. The van der Waals surface area contributed by atoms with Crippen LogP contribution >= 0.6 is 0 Å². The van der Waals surface area contributed by atoms with E-state index in [0.717, 1.165) is 48.3 Å². The predicted molar refractivity (Wildman–Crippen MR) is 106 cm³/mol. The standard InChI is InChI=1S/C22H24N4O/c1-15-3-5-18(20(9-15)19-13-25-26(2)14-19)12-23-11-16-4-6-17-7-8-24-22(27)21(17)10-16/h3-6,9-10,13-14,23H,7-8,11-12H2,1-2H3,(H,24,27). The molecule has 0 saturated heterocycles. The number of rotatable bonds is 5. The van der Waals surface area contributed by atoms with Crippen LogP contribution in [0.4, 0.5) is 0 Å². The van der Waals surface area contributed by atoms with Crippen molar-refractivity contribution in [3.63, 3.8) is 0 Å². The van der Waals surface area contributed by atoms with Gasteiger partial charge in [0, 0.05) is 44.0 Å². The van der Waals surface area contributed by atoms with E-state index >= 15 is 0 Å². The highest BCUT2D eigenvalue weighted by atomic mass is 16.1. The van der Waals surface area contributed by atoms with Gasteiger partial charge in [-0.1, -0.05) is 35.9 Å². The molecule has 0 atom stereocenters. The van der Waals surface area contributed by atoms with E-state index in [1.807, 2.05) is 30.2 Å². The molecular weight excluding hydrogens is 336 g/mol. The summed E-state index contributed by atoms with van der Waals surface area (Å²) in [7, 11) is 1.93. The number of benzene rings is 2. The molecule has 5 nitrogen and oxygen atoms in total. The monoisotopic (exact) mass is 360 g/mol. The predicted octanol–water partition coefficient (Wildman–Crippen LogP) is 2.97. The van der Waals surface area contributed by atoms with Gasteiger partial charge in [0.1, 0.15) is 0 Å². The van der Waals surface area contributed by atoms with Crippen molar-refractivity contribution < 1.29 is 4.79 Å². The second kappa shape index (κ2) is 7.37. The summed E-state index contributed by atoms with van der Waals surface area (Å²) in [4.78, 5) is 12.0. The smallest absolute Gasteiger partial charge is 0.251 e. The summed E-state index contributed by atoms with van der Waals surface area (Å²) in [5.74, 6) is 0.0375. The SMILES string of the molecule is Cc1ccc(CNCc2ccc3c(c2)C(=O)NCC3)c(-c2cnn(C)c2)c1. The van der Waals surface area contributed by atoms with Crippen molar-refractivity contribution >= 4 is 5.91 Å². The molecule has 2 heterocycles. The third-order valence-corrected chi connectivity index (χ3v) is 5.02. The lowest BCUT2D eigenvalue weighted by molar-refractivity contribution is 0.0946. The highest BCUT2D eigenvalue weighted by Gasteiger charge is 2.16. The molecule has 27 heavy (non-hydrogen) atoms. The molecule has 0 bridgehead atoms. The number of carbonyl (C=O) groups is 1. The Hall–Kier alpha value is -2.92. The molecule has 2 N–H and O–H groups in total. The second-order valence-electron chi connectivity index (χ2n) is 7.16. The molecule has 0 saturated carbocycles. The lowest BCUT2D eigenvalue weighted by Crippen LogP contribution is -2.32. The van der Waals surface area contributed by atoms with E-state index in [2.05, 4.69) is 53.0 Å². The summed E-state index contributed by atoms with van der Waals surface area (Å²) >= 11 is 0. The molecule has 138 valence electrons. The van der Waals surface area contributed by atoms with Gasteiger partial charge < -0.3 is 10.6 Å². The highest BCUT2D eigenvalue weighted by Crippen LogP contribution is 2.25. The van der Waals surface area contributed by atoms with Crippen molar-refractivity contribution in [3.8, 4) is 11.1 Å². The van der Waals surface area contributed by atoms with Crippen molar-refractivity contribution in [1.82, 2.24) is 20.4 Å². The number of aromatic nitrogens is 2. The van der Waals surface area contributed by atoms with Crippen LogP contribution in [0.25, 0.3) is 11.1 Å². The van der Waals surface area contributed by atoms with E-state index in [1.54, 1.807) is 0 Å². The van der Waals surface area contributed by atoms with Crippen LogP contribution in [0.1, 0.15) is 32.6 Å². The van der Waals surface area contributed by atoms with Gasteiger partial charge >= 0.3 is 0 Å². The minimum atomic E-state index is 0.0375. The van der Waals surface area contributed by atoms with Crippen LogP contribution in [0, 0.1) is 6.92 Å². The summed E-state index contributed by atoms with van der Waals surface area (Å²) in [6.07, 6.45) is 4.85. The van der Waals surface area contributed by atoms with Crippen LogP contribution in [0.2, 0.25) is 0 Å². The Bertz CT molecular complexity index is 990. The van der Waals surface area contributed by atoms with E-state index in [-0.39, 0.29) is 5.91 Å². The molecule has 1 aliphatic rings. The third kappa shape index (κ3) is 3.78. The van der Waals surface area contributed by atoms with Gasteiger partial charge in [0.05, 0.1) is 6.20 Å². The number of aryl methyl sites for hydroxylation is 2. The number of hydrogen-bond acceptors (Lipinski definition) is 3. The van der Waals surface area contributed by atoms with E-state index in [4.69, 9.17) is 0 Å². The van der Waals surface area contributed by atoms with Gasteiger partial charge in [-0.25, -0.2) is 0 Å². The van der Waals surface area contributed by atoms with Gasteiger partial charge in [-0.2, -0.15) is 5.10 Å². The molecule has 0 unspecified atom stereocenters. The number of nitrogens with one attached hydrogen (secondary N) is 2. The number of amides is 1. The topological polar surface area (TPSA) is 59.0 Å². The Morgan fingerprint density at radius 1 is 1.15 bits per heavy atom.